The van der Waals surface area contributed by atoms with E-state index < -0.39 is 11.9 Å². The first-order valence-corrected chi connectivity index (χ1v) is 5.09. The predicted octanol–water partition coefficient (Wildman–Crippen LogP) is 1.34. The minimum Gasteiger partial charge on any atom is -0.453 e. The Morgan fingerprint density at radius 1 is 1.13 bits per heavy atom. The molecule has 0 spiro atoms. The van der Waals surface area contributed by atoms with Crippen LogP contribution in [0.2, 0.25) is 0 Å². The second-order valence-corrected chi connectivity index (χ2v) is 5.38. The van der Waals surface area contributed by atoms with Crippen molar-refractivity contribution in [1.29, 1.82) is 0 Å². The van der Waals surface area contributed by atoms with Gasteiger partial charge in [-0.1, -0.05) is 0 Å². The molecule has 0 radical (unpaired) electrons. The van der Waals surface area contributed by atoms with Gasteiger partial charge in [0.15, 0.2) is 0 Å². The lowest BCUT2D eigenvalue weighted by atomic mass is 10.0. The molecule has 1 amide bonds. The predicted molar refractivity (Wildman–Crippen MR) is 58.1 cm³/mol. The minimum absolute atomic E-state index is 0.0153. The fourth-order valence-electron chi connectivity index (χ4n) is 0.797. The second-order valence-electron chi connectivity index (χ2n) is 5.38. The lowest BCUT2D eigenvalue weighted by Crippen LogP contribution is -2.60. The number of rotatable bonds is 1. The van der Waals surface area contributed by atoms with Gasteiger partial charge in [-0.2, -0.15) is 0 Å². The third kappa shape index (κ3) is 3.30. The van der Waals surface area contributed by atoms with Crippen LogP contribution in [0.1, 0.15) is 34.6 Å². The first-order valence-electron chi connectivity index (χ1n) is 5.09. The van der Waals surface area contributed by atoms with E-state index >= 15 is 0 Å². The van der Waals surface area contributed by atoms with Crippen LogP contribution in [-0.4, -0.2) is 42.1 Å². The molecule has 0 aromatic heterocycles. The summed E-state index contributed by atoms with van der Waals surface area (Å²) in [6.45, 7) is 9.18. The first kappa shape index (κ1) is 14.1. The molecule has 0 unspecified atom stereocenters. The van der Waals surface area contributed by atoms with Crippen molar-refractivity contribution in [1.82, 2.24) is 0 Å². The number of hydrogen-bond donors (Lipinski definition) is 0. The van der Waals surface area contributed by atoms with Crippen LogP contribution in [0.3, 0.4) is 0 Å². The van der Waals surface area contributed by atoms with E-state index in [1.807, 2.05) is 20.8 Å². The Bertz CT molecular complexity index is 261. The van der Waals surface area contributed by atoms with E-state index in [-0.39, 0.29) is 16.1 Å². The number of carbonyl (C=O) groups excluding carboxylic acids is 2. The monoisotopic (exact) mass is 216 g/mol. The van der Waals surface area contributed by atoms with Gasteiger partial charge >= 0.3 is 11.9 Å². The Balaban J connectivity index is 4.79. The third-order valence-electron chi connectivity index (χ3n) is 2.70. The topological polar surface area (TPSA) is 43.4 Å². The van der Waals surface area contributed by atoms with Crippen LogP contribution < -0.4 is 0 Å². The highest BCUT2D eigenvalue weighted by Crippen LogP contribution is 2.20. The molecule has 0 aliphatic heterocycles. The van der Waals surface area contributed by atoms with Crippen LogP contribution in [0, 0.1) is 0 Å². The molecule has 0 aromatic carbocycles. The number of quaternary nitrogens is 1. The van der Waals surface area contributed by atoms with Crippen molar-refractivity contribution in [3.63, 3.8) is 0 Å². The number of carbonyl (C=O) groups is 2. The highest BCUT2D eigenvalue weighted by Gasteiger charge is 2.44. The minimum atomic E-state index is -0.759. The highest BCUT2D eigenvalue weighted by molar-refractivity contribution is 6.29. The van der Waals surface area contributed by atoms with Gasteiger partial charge in [0.25, 0.3) is 0 Å². The summed E-state index contributed by atoms with van der Waals surface area (Å²) in [6.07, 6.45) is -0.263. The summed E-state index contributed by atoms with van der Waals surface area (Å²) in [5.74, 6) is -1.28. The van der Waals surface area contributed by atoms with Gasteiger partial charge < -0.3 is 4.74 Å². The number of esters is 1. The number of likely N-dealkylation sites (N-methyl/N-ethyl adjacent to an activating group) is 1. The zero-order chi connectivity index (χ0) is 12.4. The van der Waals surface area contributed by atoms with E-state index in [1.54, 1.807) is 27.9 Å². The molecule has 0 saturated heterocycles. The maximum atomic E-state index is 11.8. The maximum absolute atomic E-state index is 11.8. The van der Waals surface area contributed by atoms with Crippen molar-refractivity contribution in [2.24, 2.45) is 0 Å². The van der Waals surface area contributed by atoms with Crippen molar-refractivity contribution in [2.45, 2.75) is 46.3 Å². The molecule has 0 aliphatic rings. The Kier molecular flexibility index (Phi) is 4.05. The molecule has 88 valence electrons. The van der Waals surface area contributed by atoms with Crippen LogP contribution in [0.4, 0.5) is 0 Å². The molecule has 0 aromatic rings. The van der Waals surface area contributed by atoms with Crippen molar-refractivity contribution in [3.05, 3.63) is 0 Å². The van der Waals surface area contributed by atoms with Gasteiger partial charge in [-0.3, -0.25) is 4.48 Å². The number of hydrogen-bond acceptors (Lipinski definition) is 3. The molecule has 0 atom stereocenters. The van der Waals surface area contributed by atoms with Crippen molar-refractivity contribution >= 4 is 11.9 Å². The van der Waals surface area contributed by atoms with Crippen LogP contribution in [0.15, 0.2) is 0 Å². The Morgan fingerprint density at radius 2 is 1.53 bits per heavy atom. The summed E-state index contributed by atoms with van der Waals surface area (Å²) in [7, 11) is 3.42. The molecule has 0 heterocycles. The fourth-order valence-corrected chi connectivity index (χ4v) is 0.797. The summed E-state index contributed by atoms with van der Waals surface area (Å²) >= 11 is 0. The molecule has 0 bridgehead atoms. The Labute approximate surface area is 91.8 Å². The van der Waals surface area contributed by atoms with E-state index in [9.17, 15) is 9.59 Å². The smallest absolute Gasteiger partial charge is 0.437 e. The van der Waals surface area contributed by atoms with Gasteiger partial charge in [-0.15, -0.1) is 0 Å². The molecular weight excluding hydrogens is 194 g/mol. The number of ether oxygens (including phenoxy) is 1. The summed E-state index contributed by atoms with van der Waals surface area (Å²) in [5, 5.41) is 0. The summed E-state index contributed by atoms with van der Waals surface area (Å²) < 4.78 is 4.87. The van der Waals surface area contributed by atoms with Crippen molar-refractivity contribution in [3.8, 4) is 0 Å². The Morgan fingerprint density at radius 3 is 1.80 bits per heavy atom. The van der Waals surface area contributed by atoms with E-state index in [1.165, 1.54) is 0 Å². The van der Waals surface area contributed by atoms with Crippen LogP contribution in [0.5, 0.6) is 0 Å². The lowest BCUT2D eigenvalue weighted by molar-refractivity contribution is -0.860. The van der Waals surface area contributed by atoms with Crippen LogP contribution in [-0.2, 0) is 14.3 Å². The maximum Gasteiger partial charge on any atom is 0.437 e. The van der Waals surface area contributed by atoms with Crippen LogP contribution in [0.25, 0.3) is 0 Å². The average molecular weight is 216 g/mol. The lowest BCUT2D eigenvalue weighted by Gasteiger charge is -2.38. The summed E-state index contributed by atoms with van der Waals surface area (Å²) in [6, 6.07) is 0. The molecule has 15 heavy (non-hydrogen) atoms. The van der Waals surface area contributed by atoms with Gasteiger partial charge in [-0.25, -0.2) is 9.59 Å². The third-order valence-corrected chi connectivity index (χ3v) is 2.70. The van der Waals surface area contributed by atoms with Gasteiger partial charge in [0.05, 0.1) is 25.7 Å². The fraction of sp³-hybridized carbons (Fsp3) is 0.818. The largest absolute Gasteiger partial charge is 0.453 e. The molecule has 0 fully saturated rings. The van der Waals surface area contributed by atoms with Gasteiger partial charge in [-0.05, 0) is 34.6 Å². The zero-order valence-electron chi connectivity index (χ0n) is 10.7. The van der Waals surface area contributed by atoms with E-state index in [4.69, 9.17) is 4.74 Å². The van der Waals surface area contributed by atoms with E-state index in [0.29, 0.717) is 0 Å². The van der Waals surface area contributed by atoms with E-state index in [0.717, 1.165) is 0 Å². The highest BCUT2D eigenvalue weighted by atomic mass is 16.5. The second kappa shape index (κ2) is 4.31. The number of nitrogens with zero attached hydrogens (tertiary/aromatic N) is 1. The molecule has 4 heteroatoms. The SMILES string of the molecule is CC(C)OC(=O)C(=O)[N+](C)(C)C(C)(C)C. The van der Waals surface area contributed by atoms with Gasteiger partial charge in [0, 0.05) is 0 Å². The van der Waals surface area contributed by atoms with Gasteiger partial charge in [0.1, 0.15) is 0 Å². The quantitative estimate of drug-likeness (QED) is 0.377. The molecule has 0 aliphatic carbocycles. The number of amides is 1. The molecule has 0 saturated carbocycles. The standard InChI is InChI=1S/C11H22NO3/c1-8(2)15-10(14)9(13)12(6,7)11(3,4)5/h8H,1-7H3/q+1. The molecule has 4 nitrogen and oxygen atoms in total. The van der Waals surface area contributed by atoms with Gasteiger partial charge in [0.2, 0.25) is 0 Å². The summed E-state index contributed by atoms with van der Waals surface area (Å²) in [4.78, 5) is 23.3. The normalized spacial score (nSPS) is 12.8. The van der Waals surface area contributed by atoms with Crippen LogP contribution >= 0.6 is 0 Å². The molecular formula is C11H22NO3+. The molecule has 0 N–H and O–H groups in total. The van der Waals surface area contributed by atoms with Crippen molar-refractivity contribution < 1.29 is 18.8 Å². The van der Waals surface area contributed by atoms with E-state index in [2.05, 4.69) is 0 Å². The Hall–Kier alpha value is -0.900. The van der Waals surface area contributed by atoms with Crippen molar-refractivity contribution in [2.75, 3.05) is 14.1 Å². The first-order chi connectivity index (χ1) is 6.50. The zero-order valence-corrected chi connectivity index (χ0v) is 10.7. The molecule has 0 rings (SSSR count). The summed E-state index contributed by atoms with van der Waals surface area (Å²) in [5.41, 5.74) is -0.326. The average Bonchev–Trinajstić information content (AvgIpc) is 1.99.